The third kappa shape index (κ3) is 2.37. The van der Waals surface area contributed by atoms with Crippen molar-refractivity contribution < 1.29 is 0 Å². The van der Waals surface area contributed by atoms with Gasteiger partial charge >= 0.3 is 0 Å². The predicted molar refractivity (Wildman–Crippen MR) is 133 cm³/mol. The van der Waals surface area contributed by atoms with E-state index in [1.807, 2.05) is 18.2 Å². The summed E-state index contributed by atoms with van der Waals surface area (Å²) in [6, 6.07) is 21.7. The third-order valence-electron chi connectivity index (χ3n) is 6.00. The van der Waals surface area contributed by atoms with E-state index in [9.17, 15) is 0 Å². The maximum atomic E-state index is 4.09. The Labute approximate surface area is 176 Å². The topological polar surface area (TPSA) is 9.86 Å². The number of nitrogens with zero attached hydrogens (tertiary/aromatic N) is 2. The molecule has 0 saturated heterocycles. The molecular weight excluding hydrogens is 364 g/mol. The molecule has 3 aromatic carbocycles. The molecule has 0 bridgehead atoms. The van der Waals surface area contributed by atoms with E-state index < -0.39 is 0 Å². The van der Waals surface area contributed by atoms with Gasteiger partial charge in [-0.25, -0.2) is 0 Å². The molecule has 0 radical (unpaired) electrons. The molecule has 146 valence electrons. The molecule has 0 amide bonds. The Kier molecular flexibility index (Phi) is 4.22. The van der Waals surface area contributed by atoms with Crippen molar-refractivity contribution in [3.05, 3.63) is 98.1 Å². The zero-order valence-corrected chi connectivity index (χ0v) is 17.4. The van der Waals surface area contributed by atoms with E-state index in [1.165, 1.54) is 49.3 Å². The van der Waals surface area contributed by atoms with Crippen LogP contribution < -0.4 is 0 Å². The number of hydrogen-bond donors (Lipinski definition) is 0. The molecule has 30 heavy (non-hydrogen) atoms. The van der Waals surface area contributed by atoms with Gasteiger partial charge in [-0.2, -0.15) is 0 Å². The van der Waals surface area contributed by atoms with Crippen LogP contribution in [0.15, 0.2) is 98.1 Å². The molecule has 2 nitrogen and oxygen atoms in total. The second kappa shape index (κ2) is 6.93. The molecule has 0 spiro atoms. The molecule has 2 heteroatoms. The summed E-state index contributed by atoms with van der Waals surface area (Å²) in [5.41, 5.74) is 7.02. The Morgan fingerprint density at radius 2 is 1.27 bits per heavy atom. The van der Waals surface area contributed by atoms with Crippen molar-refractivity contribution in [3.8, 4) is 0 Å². The molecule has 5 aromatic rings. The molecule has 0 N–H and O–H groups in total. The molecule has 0 aliphatic rings. The number of fused-ring (bicyclic) bond motifs is 7. The van der Waals surface area contributed by atoms with Crippen molar-refractivity contribution in [1.82, 2.24) is 9.13 Å². The maximum Gasteiger partial charge on any atom is 0.0788 e. The number of aromatic nitrogens is 2. The smallest absolute Gasteiger partial charge is 0.0788 e. The molecule has 0 aliphatic carbocycles. The highest BCUT2D eigenvalue weighted by molar-refractivity contribution is 6.24. The normalized spacial score (nSPS) is 13.0. The Bertz CT molecular complexity index is 1530. The highest BCUT2D eigenvalue weighted by Crippen LogP contribution is 2.41. The third-order valence-corrected chi connectivity index (χ3v) is 6.00. The van der Waals surface area contributed by atoms with Crippen LogP contribution in [0.5, 0.6) is 0 Å². The molecule has 2 aromatic heterocycles. The van der Waals surface area contributed by atoms with Gasteiger partial charge in [-0.3, -0.25) is 0 Å². The first-order valence-corrected chi connectivity index (χ1v) is 10.3. The lowest BCUT2D eigenvalue weighted by atomic mass is 10.1. The Morgan fingerprint density at radius 3 is 1.80 bits per heavy atom. The quantitative estimate of drug-likeness (QED) is 0.276. The van der Waals surface area contributed by atoms with Crippen LogP contribution in [0.4, 0.5) is 0 Å². The molecule has 0 saturated carbocycles. The fraction of sp³-hybridized carbons (Fsp3) is 0.0714. The van der Waals surface area contributed by atoms with E-state index >= 15 is 0 Å². The Morgan fingerprint density at radius 1 is 0.733 bits per heavy atom. The van der Waals surface area contributed by atoms with Gasteiger partial charge in [0.2, 0.25) is 0 Å². The van der Waals surface area contributed by atoms with Crippen LogP contribution in [0.2, 0.25) is 0 Å². The number of benzene rings is 3. The summed E-state index contributed by atoms with van der Waals surface area (Å²) in [6.07, 6.45) is 7.92. The van der Waals surface area contributed by atoms with Gasteiger partial charge in [0.05, 0.1) is 22.1 Å². The van der Waals surface area contributed by atoms with Gasteiger partial charge in [0.15, 0.2) is 0 Å². The summed E-state index contributed by atoms with van der Waals surface area (Å²) in [7, 11) is 0. The summed E-state index contributed by atoms with van der Waals surface area (Å²) >= 11 is 0. The van der Waals surface area contributed by atoms with Crippen LogP contribution in [0, 0.1) is 0 Å². The van der Waals surface area contributed by atoms with E-state index in [0.29, 0.717) is 0 Å². The van der Waals surface area contributed by atoms with Gasteiger partial charge in [-0.15, -0.1) is 0 Å². The van der Waals surface area contributed by atoms with Gasteiger partial charge in [-0.1, -0.05) is 73.8 Å². The van der Waals surface area contributed by atoms with E-state index in [2.05, 4.69) is 103 Å². The summed E-state index contributed by atoms with van der Waals surface area (Å²) in [5.74, 6) is 0. The van der Waals surface area contributed by atoms with Gasteiger partial charge < -0.3 is 9.13 Å². The highest BCUT2D eigenvalue weighted by Gasteiger charge is 2.20. The molecule has 5 rings (SSSR count). The van der Waals surface area contributed by atoms with Crippen molar-refractivity contribution in [2.24, 2.45) is 0 Å². The molecule has 0 aliphatic heterocycles. The lowest BCUT2D eigenvalue weighted by molar-refractivity contribution is 1.18. The number of rotatable bonds is 4. The van der Waals surface area contributed by atoms with E-state index in [0.717, 1.165) is 5.70 Å². The zero-order valence-electron chi connectivity index (χ0n) is 17.4. The number of para-hydroxylation sites is 2. The van der Waals surface area contributed by atoms with Crippen LogP contribution in [0.1, 0.15) is 13.8 Å². The summed E-state index contributed by atoms with van der Waals surface area (Å²) in [6.45, 7) is 12.3. The van der Waals surface area contributed by atoms with Gasteiger partial charge in [0.25, 0.3) is 0 Å². The van der Waals surface area contributed by atoms with Crippen molar-refractivity contribution in [3.63, 3.8) is 0 Å². The molecule has 0 fully saturated rings. The standard InChI is InChI=1S/C28H24N2/c1-5-12-20(7-3)30-26-16-11-9-14-22(26)24-18-17-23-21-13-8-10-15-25(21)29(19(4)6-2)27(23)28(24)30/h5-18H,1,3H2,2,4H3/b19-6+,20-12+. The minimum Gasteiger partial charge on any atom is -0.312 e. The van der Waals surface area contributed by atoms with Crippen molar-refractivity contribution >= 4 is 55.0 Å². The second-order valence-corrected chi connectivity index (χ2v) is 7.52. The zero-order chi connectivity index (χ0) is 20.8. The van der Waals surface area contributed by atoms with E-state index in [-0.39, 0.29) is 0 Å². The second-order valence-electron chi connectivity index (χ2n) is 7.52. The van der Waals surface area contributed by atoms with Crippen molar-refractivity contribution in [2.75, 3.05) is 0 Å². The summed E-state index contributed by atoms with van der Waals surface area (Å²) in [4.78, 5) is 0. The predicted octanol–water partition coefficient (Wildman–Crippen LogP) is 8.00. The number of allylic oxidation sites excluding steroid dienone is 6. The van der Waals surface area contributed by atoms with Crippen LogP contribution in [-0.4, -0.2) is 9.13 Å². The van der Waals surface area contributed by atoms with Crippen LogP contribution in [0.3, 0.4) is 0 Å². The SMILES string of the molecule is C=C/C=C(\C=C)n1c2ccccc2c2ccc3c4ccccc4n(/C(C)=C/C)c3c21. The monoisotopic (exact) mass is 388 g/mol. The van der Waals surface area contributed by atoms with Crippen LogP contribution >= 0.6 is 0 Å². The van der Waals surface area contributed by atoms with Gasteiger partial charge in [-0.05, 0) is 38.1 Å². The fourth-order valence-electron chi connectivity index (χ4n) is 4.62. The highest BCUT2D eigenvalue weighted by atomic mass is 15.0. The summed E-state index contributed by atoms with van der Waals surface area (Å²) in [5, 5.41) is 5.00. The molecule has 0 unspecified atom stereocenters. The number of hydrogen-bond acceptors (Lipinski definition) is 0. The van der Waals surface area contributed by atoms with E-state index in [1.54, 1.807) is 0 Å². The first kappa shape index (κ1) is 18.3. The lowest BCUT2D eigenvalue weighted by Gasteiger charge is -2.12. The Balaban J connectivity index is 2.17. The molecular formula is C28H24N2. The molecule has 2 heterocycles. The maximum absolute atomic E-state index is 4.09. The first-order valence-electron chi connectivity index (χ1n) is 10.3. The largest absolute Gasteiger partial charge is 0.312 e. The van der Waals surface area contributed by atoms with Crippen molar-refractivity contribution in [1.29, 1.82) is 0 Å². The van der Waals surface area contributed by atoms with E-state index in [4.69, 9.17) is 0 Å². The van der Waals surface area contributed by atoms with Gasteiger partial charge in [0, 0.05) is 32.9 Å². The van der Waals surface area contributed by atoms with Crippen LogP contribution in [-0.2, 0) is 0 Å². The van der Waals surface area contributed by atoms with Crippen LogP contribution in [0.25, 0.3) is 55.0 Å². The average molecular weight is 389 g/mol. The fourth-order valence-corrected chi connectivity index (χ4v) is 4.62. The minimum absolute atomic E-state index is 1.01. The average Bonchev–Trinajstić information content (AvgIpc) is 3.30. The van der Waals surface area contributed by atoms with Crippen molar-refractivity contribution in [2.45, 2.75) is 13.8 Å². The summed E-state index contributed by atoms with van der Waals surface area (Å²) < 4.78 is 4.71. The Hall–Kier alpha value is -3.78. The minimum atomic E-state index is 1.01. The lowest BCUT2D eigenvalue weighted by Crippen LogP contribution is -1.98. The first-order chi connectivity index (χ1) is 14.7. The molecule has 0 atom stereocenters. The van der Waals surface area contributed by atoms with Gasteiger partial charge in [0.1, 0.15) is 0 Å².